The highest BCUT2D eigenvalue weighted by Crippen LogP contribution is 2.34. The third-order valence-electron chi connectivity index (χ3n) is 6.70. The molecule has 1 unspecified atom stereocenters. The number of carbonyl (C=O) groups excluding carboxylic acids is 1. The molecule has 0 aromatic heterocycles. The van der Waals surface area contributed by atoms with Crippen molar-refractivity contribution in [2.24, 2.45) is 0 Å². The van der Waals surface area contributed by atoms with E-state index >= 15 is 0 Å². The first-order chi connectivity index (χ1) is 17.0. The third kappa shape index (κ3) is 4.76. The zero-order valence-corrected chi connectivity index (χ0v) is 20.5. The standard InChI is InChI=1S/C27H29N3O4S/c1-34-26-12-11-23(35(32,33)30-16-13-21-9-5-6-10-25(21)30)17-24(26)27(31)28-22-14-15-29(19-22)18-20-7-3-2-4-8-20/h2-12,17,22H,13-16,18-19H2,1H3,(H,28,31). The van der Waals surface area contributed by atoms with Crippen LogP contribution in [0.25, 0.3) is 0 Å². The maximum absolute atomic E-state index is 13.5. The number of benzene rings is 3. The molecule has 7 nitrogen and oxygen atoms in total. The van der Waals surface area contributed by atoms with Gasteiger partial charge in [-0.2, -0.15) is 0 Å². The van der Waals surface area contributed by atoms with Crippen LogP contribution in [0.1, 0.15) is 27.9 Å². The number of hydrogen-bond acceptors (Lipinski definition) is 5. The molecule has 0 aliphatic carbocycles. The van der Waals surface area contributed by atoms with Gasteiger partial charge in [0.15, 0.2) is 0 Å². The summed E-state index contributed by atoms with van der Waals surface area (Å²) in [6, 6.07) is 22.2. The summed E-state index contributed by atoms with van der Waals surface area (Å²) < 4.78 is 33.8. The van der Waals surface area contributed by atoms with E-state index in [9.17, 15) is 13.2 Å². The molecule has 1 atom stereocenters. The molecule has 2 heterocycles. The van der Waals surface area contributed by atoms with Crippen LogP contribution in [0.2, 0.25) is 0 Å². The van der Waals surface area contributed by atoms with Crippen molar-refractivity contribution in [2.45, 2.75) is 30.3 Å². The van der Waals surface area contributed by atoms with E-state index in [4.69, 9.17) is 4.74 Å². The normalized spacial score (nSPS) is 17.9. The number of anilines is 1. The molecule has 2 aliphatic rings. The summed E-state index contributed by atoms with van der Waals surface area (Å²) in [6.07, 6.45) is 1.50. The van der Waals surface area contributed by atoms with E-state index in [1.807, 2.05) is 42.5 Å². The minimum Gasteiger partial charge on any atom is -0.496 e. The number of amides is 1. The molecular weight excluding hydrogens is 462 g/mol. The summed E-state index contributed by atoms with van der Waals surface area (Å²) in [5.41, 5.74) is 3.16. The number of para-hydroxylation sites is 1. The van der Waals surface area contributed by atoms with Crippen LogP contribution < -0.4 is 14.4 Å². The van der Waals surface area contributed by atoms with Gasteiger partial charge in [-0.3, -0.25) is 14.0 Å². The van der Waals surface area contributed by atoms with Crippen LogP contribution in [0.15, 0.2) is 77.7 Å². The van der Waals surface area contributed by atoms with E-state index in [0.29, 0.717) is 24.4 Å². The number of likely N-dealkylation sites (tertiary alicyclic amines) is 1. The number of methoxy groups -OCH3 is 1. The van der Waals surface area contributed by atoms with Gasteiger partial charge in [-0.05, 0) is 48.2 Å². The number of ether oxygens (including phenoxy) is 1. The number of rotatable bonds is 7. The molecule has 1 N–H and O–H groups in total. The molecule has 1 fully saturated rings. The Morgan fingerprint density at radius 1 is 1.03 bits per heavy atom. The molecule has 0 bridgehead atoms. The van der Waals surface area contributed by atoms with Crippen molar-refractivity contribution in [3.05, 3.63) is 89.5 Å². The van der Waals surface area contributed by atoms with Crippen molar-refractivity contribution >= 4 is 21.6 Å². The smallest absolute Gasteiger partial charge is 0.264 e. The predicted octanol–water partition coefficient (Wildman–Crippen LogP) is 3.45. The highest BCUT2D eigenvalue weighted by Gasteiger charge is 2.32. The van der Waals surface area contributed by atoms with Gasteiger partial charge in [0.05, 0.1) is 23.3 Å². The number of nitrogens with zero attached hydrogens (tertiary/aromatic N) is 2. The van der Waals surface area contributed by atoms with Crippen LogP contribution >= 0.6 is 0 Å². The van der Waals surface area contributed by atoms with Crippen LogP contribution in [0.5, 0.6) is 5.75 Å². The summed E-state index contributed by atoms with van der Waals surface area (Å²) in [7, 11) is -2.33. The number of hydrogen-bond donors (Lipinski definition) is 1. The lowest BCUT2D eigenvalue weighted by molar-refractivity contribution is 0.0934. The number of fused-ring (bicyclic) bond motifs is 1. The molecule has 1 saturated heterocycles. The minimum absolute atomic E-state index is 0.0124. The van der Waals surface area contributed by atoms with E-state index in [1.54, 1.807) is 6.07 Å². The zero-order valence-electron chi connectivity index (χ0n) is 19.7. The molecule has 1 amide bonds. The Kier molecular flexibility index (Phi) is 6.49. The predicted molar refractivity (Wildman–Crippen MR) is 135 cm³/mol. The molecule has 8 heteroatoms. The van der Waals surface area contributed by atoms with Gasteiger partial charge in [0, 0.05) is 32.2 Å². The first kappa shape index (κ1) is 23.4. The molecule has 3 aromatic rings. The molecule has 2 aliphatic heterocycles. The molecule has 0 radical (unpaired) electrons. The van der Waals surface area contributed by atoms with Crippen LogP contribution in [0, 0.1) is 0 Å². The van der Waals surface area contributed by atoms with Gasteiger partial charge in [-0.1, -0.05) is 48.5 Å². The van der Waals surface area contributed by atoms with Crippen molar-refractivity contribution in [2.75, 3.05) is 31.0 Å². The van der Waals surface area contributed by atoms with Crippen LogP contribution in [0.4, 0.5) is 5.69 Å². The second-order valence-electron chi connectivity index (χ2n) is 9.00. The first-order valence-electron chi connectivity index (χ1n) is 11.8. The van der Waals surface area contributed by atoms with Gasteiger partial charge in [-0.15, -0.1) is 0 Å². The largest absolute Gasteiger partial charge is 0.496 e. The average molecular weight is 492 g/mol. The van der Waals surface area contributed by atoms with Gasteiger partial charge < -0.3 is 10.1 Å². The quantitative estimate of drug-likeness (QED) is 0.548. The van der Waals surface area contributed by atoms with E-state index < -0.39 is 10.0 Å². The Hall–Kier alpha value is -3.36. The van der Waals surface area contributed by atoms with Gasteiger partial charge in [0.25, 0.3) is 15.9 Å². The van der Waals surface area contributed by atoms with Crippen LogP contribution in [0.3, 0.4) is 0 Å². The van der Waals surface area contributed by atoms with E-state index in [2.05, 4.69) is 22.3 Å². The number of carbonyl (C=O) groups is 1. The fourth-order valence-electron chi connectivity index (χ4n) is 4.91. The molecular formula is C27H29N3O4S. The topological polar surface area (TPSA) is 79.0 Å². The van der Waals surface area contributed by atoms with Crippen molar-refractivity contribution in [3.63, 3.8) is 0 Å². The molecule has 35 heavy (non-hydrogen) atoms. The Morgan fingerprint density at radius 3 is 2.60 bits per heavy atom. The molecule has 5 rings (SSSR count). The van der Waals surface area contributed by atoms with Crippen LogP contribution in [-0.4, -0.2) is 52.0 Å². The maximum Gasteiger partial charge on any atom is 0.264 e. The highest BCUT2D eigenvalue weighted by molar-refractivity contribution is 7.92. The number of sulfonamides is 1. The van der Waals surface area contributed by atoms with Crippen molar-refractivity contribution in [1.29, 1.82) is 0 Å². The lowest BCUT2D eigenvalue weighted by Crippen LogP contribution is -2.37. The molecule has 3 aromatic carbocycles. The van der Waals surface area contributed by atoms with Gasteiger partial charge in [0.1, 0.15) is 5.75 Å². The fourth-order valence-corrected chi connectivity index (χ4v) is 6.44. The first-order valence-corrected chi connectivity index (χ1v) is 13.3. The van der Waals surface area contributed by atoms with E-state index in [-0.39, 0.29) is 22.4 Å². The highest BCUT2D eigenvalue weighted by atomic mass is 32.2. The molecule has 0 saturated carbocycles. The minimum atomic E-state index is -3.81. The summed E-state index contributed by atoms with van der Waals surface area (Å²) >= 11 is 0. The Balaban J connectivity index is 1.32. The summed E-state index contributed by atoms with van der Waals surface area (Å²) in [6.45, 7) is 2.85. The lowest BCUT2D eigenvalue weighted by Gasteiger charge is -2.21. The number of nitrogens with one attached hydrogen (secondary N) is 1. The molecule has 182 valence electrons. The van der Waals surface area contributed by atoms with Crippen molar-refractivity contribution in [1.82, 2.24) is 10.2 Å². The third-order valence-corrected chi connectivity index (χ3v) is 8.51. The Morgan fingerprint density at radius 2 is 1.80 bits per heavy atom. The SMILES string of the molecule is COc1ccc(S(=O)(=O)N2CCc3ccccc32)cc1C(=O)NC1CCN(Cc2ccccc2)C1. The zero-order chi connectivity index (χ0) is 24.4. The monoisotopic (exact) mass is 491 g/mol. The van der Waals surface area contributed by atoms with Crippen molar-refractivity contribution in [3.8, 4) is 5.75 Å². The lowest BCUT2D eigenvalue weighted by atomic mass is 10.1. The second-order valence-corrected chi connectivity index (χ2v) is 10.9. The van der Waals surface area contributed by atoms with E-state index in [1.165, 1.54) is 29.1 Å². The molecule has 0 spiro atoms. The van der Waals surface area contributed by atoms with Crippen molar-refractivity contribution < 1.29 is 17.9 Å². The van der Waals surface area contributed by atoms with Gasteiger partial charge in [-0.25, -0.2) is 8.42 Å². The second kappa shape index (κ2) is 9.71. The maximum atomic E-state index is 13.5. The summed E-state index contributed by atoms with van der Waals surface area (Å²) in [4.78, 5) is 15.6. The Labute approximate surface area is 206 Å². The Bertz CT molecular complexity index is 1330. The average Bonchev–Trinajstić information content (AvgIpc) is 3.51. The summed E-state index contributed by atoms with van der Waals surface area (Å²) in [5.74, 6) is 0.0229. The summed E-state index contributed by atoms with van der Waals surface area (Å²) in [5, 5.41) is 3.08. The van der Waals surface area contributed by atoms with Crippen LogP contribution in [-0.2, 0) is 23.0 Å². The fraction of sp³-hybridized carbons (Fsp3) is 0.296. The van der Waals surface area contributed by atoms with Gasteiger partial charge in [0.2, 0.25) is 0 Å². The van der Waals surface area contributed by atoms with Gasteiger partial charge >= 0.3 is 0 Å². The van der Waals surface area contributed by atoms with E-state index in [0.717, 1.165) is 31.6 Å².